The highest BCUT2D eigenvalue weighted by atomic mass is 16.5. The number of aromatic nitrogens is 2. The number of rotatable bonds is 4. The summed E-state index contributed by atoms with van der Waals surface area (Å²) in [6.45, 7) is 6.55. The minimum absolute atomic E-state index is 0.796. The fourth-order valence-electron chi connectivity index (χ4n) is 2.45. The van der Waals surface area contributed by atoms with Crippen LogP contribution in [0.1, 0.15) is 13.3 Å². The molecule has 0 amide bonds. The maximum absolute atomic E-state index is 5.41. The van der Waals surface area contributed by atoms with Crippen LogP contribution in [0, 0.1) is 0 Å². The number of hydrogen-bond acceptors (Lipinski definition) is 5. The highest BCUT2D eigenvalue weighted by Gasteiger charge is 2.12. The van der Waals surface area contributed by atoms with Gasteiger partial charge in [0.1, 0.15) is 12.1 Å². The van der Waals surface area contributed by atoms with Gasteiger partial charge in [-0.3, -0.25) is 0 Å². The lowest BCUT2D eigenvalue weighted by atomic mass is 10.2. The van der Waals surface area contributed by atoms with Crippen molar-refractivity contribution in [3.05, 3.63) is 24.5 Å². The molecule has 5 heteroatoms. The molecule has 2 aromatic rings. The predicted octanol–water partition coefficient (Wildman–Crippen LogP) is 2.29. The second-order valence-electron chi connectivity index (χ2n) is 4.95. The van der Waals surface area contributed by atoms with Crippen LogP contribution in [0.5, 0.6) is 0 Å². The van der Waals surface area contributed by atoms with Crippen LogP contribution in [0.15, 0.2) is 24.5 Å². The molecule has 0 bridgehead atoms. The van der Waals surface area contributed by atoms with Crippen molar-refractivity contribution in [3.63, 3.8) is 0 Å². The van der Waals surface area contributed by atoms with E-state index < -0.39 is 0 Å². The molecular weight excluding hydrogens is 252 g/mol. The minimum Gasteiger partial charge on any atom is -0.378 e. The van der Waals surface area contributed by atoms with Gasteiger partial charge in [-0.25, -0.2) is 9.97 Å². The Bertz CT molecular complexity index is 581. The molecule has 1 saturated heterocycles. The molecule has 1 N–H and O–H groups in total. The van der Waals surface area contributed by atoms with Crippen LogP contribution >= 0.6 is 0 Å². The third kappa shape index (κ3) is 2.67. The van der Waals surface area contributed by atoms with Crippen molar-refractivity contribution < 1.29 is 4.74 Å². The van der Waals surface area contributed by atoms with Crippen LogP contribution in [-0.4, -0.2) is 42.8 Å². The van der Waals surface area contributed by atoms with Gasteiger partial charge in [0.05, 0.1) is 18.7 Å². The molecule has 1 aromatic carbocycles. The first-order valence-electron chi connectivity index (χ1n) is 7.20. The number of benzene rings is 1. The lowest BCUT2D eigenvalue weighted by Gasteiger charge is -2.29. The zero-order valence-corrected chi connectivity index (χ0v) is 11.8. The van der Waals surface area contributed by atoms with E-state index in [0.717, 1.165) is 56.0 Å². The zero-order valence-electron chi connectivity index (χ0n) is 11.8. The van der Waals surface area contributed by atoms with Gasteiger partial charge in [0.2, 0.25) is 0 Å². The molecule has 5 nitrogen and oxygen atoms in total. The number of nitrogens with zero attached hydrogens (tertiary/aromatic N) is 3. The van der Waals surface area contributed by atoms with Crippen molar-refractivity contribution in [1.82, 2.24) is 9.97 Å². The average Bonchev–Trinajstić information content (AvgIpc) is 2.53. The standard InChI is InChI=1S/C15H20N4O/c1-2-5-16-15-13-10-12(19-6-8-20-9-7-19)3-4-14(13)17-11-18-15/h3-4,10-11H,2,5-9H2,1H3,(H,16,17,18). The van der Waals surface area contributed by atoms with E-state index in [2.05, 4.69) is 45.3 Å². The first-order valence-corrected chi connectivity index (χ1v) is 7.20. The number of anilines is 2. The summed E-state index contributed by atoms with van der Waals surface area (Å²) in [5.74, 6) is 0.923. The van der Waals surface area contributed by atoms with E-state index in [0.29, 0.717) is 0 Å². The second kappa shape index (κ2) is 6.05. The van der Waals surface area contributed by atoms with Gasteiger partial charge in [-0.15, -0.1) is 0 Å². The Kier molecular flexibility index (Phi) is 3.97. The summed E-state index contributed by atoms with van der Waals surface area (Å²) in [4.78, 5) is 11.1. The SMILES string of the molecule is CCCNc1ncnc2ccc(N3CCOCC3)cc12. The first-order chi connectivity index (χ1) is 9.88. The molecule has 0 radical (unpaired) electrons. The molecule has 0 unspecified atom stereocenters. The molecule has 0 atom stereocenters. The van der Waals surface area contributed by atoms with Gasteiger partial charge < -0.3 is 15.0 Å². The van der Waals surface area contributed by atoms with Crippen molar-refractivity contribution in [2.24, 2.45) is 0 Å². The highest BCUT2D eigenvalue weighted by molar-refractivity contribution is 5.91. The largest absolute Gasteiger partial charge is 0.378 e. The van der Waals surface area contributed by atoms with Gasteiger partial charge >= 0.3 is 0 Å². The van der Waals surface area contributed by atoms with Crippen molar-refractivity contribution in [1.29, 1.82) is 0 Å². The predicted molar refractivity (Wildman–Crippen MR) is 81.4 cm³/mol. The third-order valence-electron chi connectivity index (χ3n) is 3.54. The summed E-state index contributed by atoms with van der Waals surface area (Å²) < 4.78 is 5.41. The summed E-state index contributed by atoms with van der Waals surface area (Å²) in [5.41, 5.74) is 2.20. The van der Waals surface area contributed by atoms with Crippen molar-refractivity contribution in [2.45, 2.75) is 13.3 Å². The molecule has 0 aliphatic carbocycles. The summed E-state index contributed by atoms with van der Waals surface area (Å²) in [6.07, 6.45) is 2.70. The normalized spacial score (nSPS) is 15.6. The van der Waals surface area contributed by atoms with Crippen LogP contribution in [0.4, 0.5) is 11.5 Å². The Balaban J connectivity index is 1.95. The Morgan fingerprint density at radius 3 is 2.90 bits per heavy atom. The molecule has 0 saturated carbocycles. The van der Waals surface area contributed by atoms with Crippen LogP contribution in [0.3, 0.4) is 0 Å². The number of ether oxygens (including phenoxy) is 1. The maximum atomic E-state index is 5.41. The number of hydrogen-bond donors (Lipinski definition) is 1. The van der Waals surface area contributed by atoms with E-state index >= 15 is 0 Å². The fraction of sp³-hybridized carbons (Fsp3) is 0.467. The minimum atomic E-state index is 0.796. The fourth-order valence-corrected chi connectivity index (χ4v) is 2.45. The van der Waals surface area contributed by atoms with Crippen LogP contribution in [0.25, 0.3) is 10.9 Å². The Morgan fingerprint density at radius 2 is 2.10 bits per heavy atom. The van der Waals surface area contributed by atoms with Gasteiger partial charge in [0.15, 0.2) is 0 Å². The van der Waals surface area contributed by atoms with Gasteiger partial charge in [-0.1, -0.05) is 6.92 Å². The first kappa shape index (κ1) is 13.1. The lowest BCUT2D eigenvalue weighted by molar-refractivity contribution is 0.122. The number of morpholine rings is 1. The Morgan fingerprint density at radius 1 is 1.25 bits per heavy atom. The Hall–Kier alpha value is -1.88. The molecule has 1 fully saturated rings. The van der Waals surface area contributed by atoms with Crippen molar-refractivity contribution >= 4 is 22.4 Å². The third-order valence-corrected chi connectivity index (χ3v) is 3.54. The summed E-state index contributed by atoms with van der Waals surface area (Å²) >= 11 is 0. The van der Waals surface area contributed by atoms with Gasteiger partial charge in [0.25, 0.3) is 0 Å². The van der Waals surface area contributed by atoms with Crippen LogP contribution < -0.4 is 10.2 Å². The van der Waals surface area contributed by atoms with Crippen molar-refractivity contribution in [3.8, 4) is 0 Å². The quantitative estimate of drug-likeness (QED) is 0.925. The summed E-state index contributed by atoms with van der Waals surface area (Å²) in [5, 5.41) is 4.46. The topological polar surface area (TPSA) is 50.3 Å². The zero-order chi connectivity index (χ0) is 13.8. The average molecular weight is 272 g/mol. The van der Waals surface area contributed by atoms with E-state index in [9.17, 15) is 0 Å². The van der Waals surface area contributed by atoms with E-state index in [1.807, 2.05) is 0 Å². The molecule has 1 aliphatic rings. The second-order valence-corrected chi connectivity index (χ2v) is 4.95. The van der Waals surface area contributed by atoms with Gasteiger partial charge in [0, 0.05) is 30.7 Å². The van der Waals surface area contributed by atoms with E-state index in [-0.39, 0.29) is 0 Å². The van der Waals surface area contributed by atoms with E-state index in [1.54, 1.807) is 6.33 Å². The molecular formula is C15H20N4O. The monoisotopic (exact) mass is 272 g/mol. The molecule has 1 aliphatic heterocycles. The smallest absolute Gasteiger partial charge is 0.137 e. The molecule has 1 aromatic heterocycles. The molecule has 0 spiro atoms. The summed E-state index contributed by atoms with van der Waals surface area (Å²) in [6, 6.07) is 6.38. The molecule has 3 rings (SSSR count). The molecule has 2 heterocycles. The number of nitrogens with one attached hydrogen (secondary N) is 1. The van der Waals surface area contributed by atoms with E-state index in [1.165, 1.54) is 5.69 Å². The number of fused-ring (bicyclic) bond motifs is 1. The lowest BCUT2D eigenvalue weighted by Crippen LogP contribution is -2.36. The molecule has 20 heavy (non-hydrogen) atoms. The van der Waals surface area contributed by atoms with E-state index in [4.69, 9.17) is 4.74 Å². The summed E-state index contributed by atoms with van der Waals surface area (Å²) in [7, 11) is 0. The maximum Gasteiger partial charge on any atom is 0.137 e. The Labute approximate surface area is 119 Å². The van der Waals surface area contributed by atoms with Crippen molar-refractivity contribution in [2.75, 3.05) is 43.1 Å². The molecule has 106 valence electrons. The highest BCUT2D eigenvalue weighted by Crippen LogP contribution is 2.25. The van der Waals surface area contributed by atoms with Crippen LogP contribution in [0.2, 0.25) is 0 Å². The van der Waals surface area contributed by atoms with Gasteiger partial charge in [-0.05, 0) is 24.6 Å². The van der Waals surface area contributed by atoms with Crippen LogP contribution in [-0.2, 0) is 4.74 Å². The van der Waals surface area contributed by atoms with Gasteiger partial charge in [-0.2, -0.15) is 0 Å².